The van der Waals surface area contributed by atoms with Gasteiger partial charge in [0, 0.05) is 24.4 Å². The molecule has 2 aromatic carbocycles. The molecular formula is C20H20Cl2N2O6S. The lowest BCUT2D eigenvalue weighted by molar-refractivity contribution is -0.116. The van der Waals surface area contributed by atoms with Crippen LogP contribution in [0.2, 0.25) is 10.0 Å². The van der Waals surface area contributed by atoms with Crippen LogP contribution in [0.1, 0.15) is 31.2 Å². The first-order chi connectivity index (χ1) is 14.8. The van der Waals surface area contributed by atoms with E-state index in [0.29, 0.717) is 25.9 Å². The standard InChI is InChI=1S/C20H20Cl2N2O6S/c21-17-7-5-16(13-18(17)22)29-31(26,27)30-23-10-2-1-3-11-28-15-6-8-19-14(12-15)4-9-20(25)24-19/h5-8,10,12-13H,1-4,9,11H2,(H,24,25). The zero-order valence-corrected chi connectivity index (χ0v) is 18.7. The maximum atomic E-state index is 11.7. The zero-order valence-electron chi connectivity index (χ0n) is 16.3. The number of nitrogens with one attached hydrogen (secondary N) is 1. The average molecular weight is 487 g/mol. The van der Waals surface area contributed by atoms with Gasteiger partial charge < -0.3 is 14.2 Å². The van der Waals surface area contributed by atoms with Gasteiger partial charge in [0.1, 0.15) is 11.5 Å². The minimum absolute atomic E-state index is 0.0283. The SMILES string of the molecule is O=C1CCc2cc(OCCCCC=NOS(=O)(=O)Oc3ccc(Cl)c(Cl)c3)ccc2N1. The highest BCUT2D eigenvalue weighted by molar-refractivity contribution is 7.82. The average Bonchev–Trinajstić information content (AvgIpc) is 2.72. The third kappa shape index (κ3) is 7.30. The Balaban J connectivity index is 1.33. The van der Waals surface area contributed by atoms with Gasteiger partial charge in [0.05, 0.1) is 16.7 Å². The van der Waals surface area contributed by atoms with Crippen LogP contribution in [0.3, 0.4) is 0 Å². The maximum Gasteiger partial charge on any atom is 0.521 e. The van der Waals surface area contributed by atoms with Crippen molar-refractivity contribution in [2.75, 3.05) is 11.9 Å². The summed E-state index contributed by atoms with van der Waals surface area (Å²) in [5.74, 6) is 0.740. The monoisotopic (exact) mass is 486 g/mol. The number of rotatable bonds is 10. The fourth-order valence-corrected chi connectivity index (χ4v) is 3.60. The van der Waals surface area contributed by atoms with Crippen LogP contribution >= 0.6 is 23.2 Å². The first-order valence-electron chi connectivity index (χ1n) is 9.48. The number of halogens is 2. The van der Waals surface area contributed by atoms with Gasteiger partial charge in [-0.05, 0) is 61.6 Å². The van der Waals surface area contributed by atoms with Crippen LogP contribution in [-0.4, -0.2) is 27.1 Å². The summed E-state index contributed by atoms with van der Waals surface area (Å²) in [5.41, 5.74) is 1.89. The van der Waals surface area contributed by atoms with E-state index in [2.05, 4.69) is 14.8 Å². The molecule has 8 nitrogen and oxygen atoms in total. The number of ether oxygens (including phenoxy) is 1. The minimum Gasteiger partial charge on any atom is -0.494 e. The topological polar surface area (TPSA) is 103 Å². The molecule has 166 valence electrons. The van der Waals surface area contributed by atoms with E-state index in [1.54, 1.807) is 0 Å². The summed E-state index contributed by atoms with van der Waals surface area (Å²) in [6.07, 6.45) is 4.49. The predicted octanol–water partition coefficient (Wildman–Crippen LogP) is 4.75. The van der Waals surface area contributed by atoms with Gasteiger partial charge in [-0.25, -0.2) is 4.28 Å². The molecule has 1 N–H and O–H groups in total. The summed E-state index contributed by atoms with van der Waals surface area (Å²) in [5, 5.41) is 6.67. The van der Waals surface area contributed by atoms with E-state index in [4.69, 9.17) is 32.1 Å². The second-order valence-electron chi connectivity index (χ2n) is 6.64. The van der Waals surface area contributed by atoms with E-state index in [9.17, 15) is 13.2 Å². The summed E-state index contributed by atoms with van der Waals surface area (Å²) >= 11 is 11.6. The Kier molecular flexibility index (Phi) is 8.00. The quantitative estimate of drug-likeness (QED) is 0.295. The van der Waals surface area contributed by atoms with Crippen LogP contribution in [0.25, 0.3) is 0 Å². The molecule has 0 aromatic heterocycles. The Morgan fingerprint density at radius 1 is 1.03 bits per heavy atom. The number of hydrogen-bond donors (Lipinski definition) is 1. The fourth-order valence-electron chi connectivity index (χ4n) is 2.77. The van der Waals surface area contributed by atoms with E-state index in [-0.39, 0.29) is 21.7 Å². The van der Waals surface area contributed by atoms with E-state index in [1.807, 2.05) is 18.2 Å². The van der Waals surface area contributed by atoms with Gasteiger partial charge in [-0.2, -0.15) is 0 Å². The summed E-state index contributed by atoms with van der Waals surface area (Å²) in [4.78, 5) is 11.4. The summed E-state index contributed by atoms with van der Waals surface area (Å²) in [6.45, 7) is 0.499. The Labute approximate surface area is 190 Å². The molecule has 2 aromatic rings. The number of nitrogens with zero attached hydrogens (tertiary/aromatic N) is 1. The molecule has 0 bridgehead atoms. The summed E-state index contributed by atoms with van der Waals surface area (Å²) in [7, 11) is -4.36. The third-order valence-corrected chi connectivity index (χ3v) is 5.67. The molecule has 11 heteroatoms. The number of hydrogen-bond acceptors (Lipinski definition) is 7. The van der Waals surface area contributed by atoms with Crippen molar-refractivity contribution in [3.8, 4) is 11.5 Å². The molecule has 0 aliphatic carbocycles. The van der Waals surface area contributed by atoms with Crippen molar-refractivity contribution in [1.82, 2.24) is 0 Å². The van der Waals surface area contributed by atoms with E-state index >= 15 is 0 Å². The van der Waals surface area contributed by atoms with Crippen LogP contribution in [0, 0.1) is 0 Å². The number of amides is 1. The molecule has 0 unspecified atom stereocenters. The number of aryl methyl sites for hydroxylation is 1. The van der Waals surface area contributed by atoms with Crippen molar-refractivity contribution in [2.45, 2.75) is 32.1 Å². The maximum absolute atomic E-state index is 11.7. The first-order valence-corrected chi connectivity index (χ1v) is 11.6. The molecule has 0 saturated carbocycles. The highest BCUT2D eigenvalue weighted by Crippen LogP contribution is 2.28. The van der Waals surface area contributed by atoms with Crippen molar-refractivity contribution in [3.63, 3.8) is 0 Å². The Bertz CT molecular complexity index is 1080. The predicted molar refractivity (Wildman–Crippen MR) is 118 cm³/mol. The second-order valence-corrected chi connectivity index (χ2v) is 8.59. The Morgan fingerprint density at radius 3 is 2.65 bits per heavy atom. The number of fused-ring (bicyclic) bond motifs is 1. The smallest absolute Gasteiger partial charge is 0.494 e. The van der Waals surface area contributed by atoms with Crippen LogP contribution in [0.4, 0.5) is 5.69 Å². The molecule has 1 amide bonds. The van der Waals surface area contributed by atoms with Gasteiger partial charge in [0.25, 0.3) is 0 Å². The molecular weight excluding hydrogens is 467 g/mol. The fraction of sp³-hybridized carbons (Fsp3) is 0.300. The lowest BCUT2D eigenvalue weighted by Gasteiger charge is -2.17. The molecule has 0 atom stereocenters. The molecule has 1 heterocycles. The molecule has 3 rings (SSSR count). The van der Waals surface area contributed by atoms with Gasteiger partial charge in [0.15, 0.2) is 0 Å². The number of carbonyl (C=O) groups excluding carboxylic acids is 1. The van der Waals surface area contributed by atoms with E-state index in [1.165, 1.54) is 24.4 Å². The minimum atomic E-state index is -4.36. The van der Waals surface area contributed by atoms with Crippen molar-refractivity contribution >= 4 is 51.4 Å². The van der Waals surface area contributed by atoms with Crippen molar-refractivity contribution < 1.29 is 26.4 Å². The van der Waals surface area contributed by atoms with Crippen molar-refractivity contribution in [2.24, 2.45) is 5.16 Å². The van der Waals surface area contributed by atoms with Crippen LogP contribution < -0.4 is 14.2 Å². The van der Waals surface area contributed by atoms with E-state index < -0.39 is 10.4 Å². The second kappa shape index (κ2) is 10.7. The normalized spacial score (nSPS) is 13.5. The number of anilines is 1. The lowest BCUT2D eigenvalue weighted by Crippen LogP contribution is -2.18. The highest BCUT2D eigenvalue weighted by atomic mass is 35.5. The van der Waals surface area contributed by atoms with E-state index in [0.717, 1.165) is 29.8 Å². The molecule has 1 aliphatic heterocycles. The molecule has 31 heavy (non-hydrogen) atoms. The zero-order chi connectivity index (χ0) is 22.3. The van der Waals surface area contributed by atoms with Gasteiger partial charge in [-0.15, -0.1) is 8.42 Å². The molecule has 0 radical (unpaired) electrons. The Hall–Kier alpha value is -2.49. The molecule has 0 spiro atoms. The van der Waals surface area contributed by atoms with Gasteiger partial charge >= 0.3 is 10.4 Å². The lowest BCUT2D eigenvalue weighted by atomic mass is 10.0. The summed E-state index contributed by atoms with van der Waals surface area (Å²) in [6, 6.07) is 9.60. The van der Waals surface area contributed by atoms with Crippen LogP contribution in [-0.2, 0) is 25.9 Å². The number of oxime groups is 1. The number of benzene rings is 2. The summed E-state index contributed by atoms with van der Waals surface area (Å²) < 4.78 is 38.3. The van der Waals surface area contributed by atoms with Crippen LogP contribution in [0.15, 0.2) is 41.6 Å². The molecule has 0 saturated heterocycles. The van der Waals surface area contributed by atoms with Crippen molar-refractivity contribution in [3.05, 3.63) is 52.0 Å². The van der Waals surface area contributed by atoms with Crippen molar-refractivity contribution in [1.29, 1.82) is 0 Å². The number of unbranched alkanes of at least 4 members (excludes halogenated alkanes) is 2. The van der Waals surface area contributed by atoms with Gasteiger partial charge in [0.2, 0.25) is 5.91 Å². The number of carbonyl (C=O) groups is 1. The molecule has 0 fully saturated rings. The Morgan fingerprint density at radius 2 is 1.84 bits per heavy atom. The van der Waals surface area contributed by atoms with Gasteiger partial charge in [-0.3, -0.25) is 4.79 Å². The third-order valence-electron chi connectivity index (χ3n) is 4.27. The molecule has 1 aliphatic rings. The highest BCUT2D eigenvalue weighted by Gasteiger charge is 2.16. The largest absolute Gasteiger partial charge is 0.521 e. The van der Waals surface area contributed by atoms with Crippen LogP contribution in [0.5, 0.6) is 11.5 Å². The van der Waals surface area contributed by atoms with Gasteiger partial charge in [-0.1, -0.05) is 28.4 Å². The first kappa shape index (κ1) is 23.2.